The summed E-state index contributed by atoms with van der Waals surface area (Å²) in [7, 11) is -2.64. The molecule has 0 amide bonds. The van der Waals surface area contributed by atoms with E-state index in [1.54, 1.807) is 0 Å². The monoisotopic (exact) mass is 130 g/mol. The van der Waals surface area contributed by atoms with Gasteiger partial charge in [0.15, 0.2) is 0 Å². The van der Waals surface area contributed by atoms with Gasteiger partial charge in [-0.25, -0.2) is 0 Å². The summed E-state index contributed by atoms with van der Waals surface area (Å²) in [5.41, 5.74) is 2.25. The maximum Gasteiger partial charge on any atom is 0.321 e. The molecule has 0 rings (SSSR count). The minimum Gasteiger partial charge on any atom is -0.297 e. The van der Waals surface area contributed by atoms with Crippen molar-refractivity contribution in [2.75, 3.05) is 0 Å². The molecule has 0 aliphatic carbocycles. The number of hydrogen-bond donors (Lipinski definition) is 0. The highest BCUT2D eigenvalue weighted by atomic mass is 28.4. The van der Waals surface area contributed by atoms with Crippen LogP contribution in [0.4, 0.5) is 4.11 Å². The van der Waals surface area contributed by atoms with Crippen molar-refractivity contribution in [1.29, 1.82) is 0 Å². The number of halogens is 1. The molecule has 0 radical (unpaired) electrons. The van der Waals surface area contributed by atoms with Gasteiger partial charge >= 0.3 is 8.41 Å². The Morgan fingerprint density at radius 1 is 1.50 bits per heavy atom. The van der Waals surface area contributed by atoms with Gasteiger partial charge < -0.3 is 0 Å². The number of terminal acetylenes is 1. The van der Waals surface area contributed by atoms with Crippen molar-refractivity contribution in [3.8, 4) is 12.0 Å². The molecule has 0 saturated carbocycles. The molecule has 0 N–H and O–H groups in total. The first kappa shape index (κ1) is 7.71. The zero-order chi connectivity index (χ0) is 6.62. The van der Waals surface area contributed by atoms with Crippen molar-refractivity contribution >= 4 is 8.41 Å². The molecule has 0 aromatic heterocycles. The van der Waals surface area contributed by atoms with Crippen LogP contribution in [0, 0.1) is 12.0 Å². The first-order valence-electron chi connectivity index (χ1n) is 2.85. The first-order chi connectivity index (χ1) is 3.68. The summed E-state index contributed by atoms with van der Waals surface area (Å²) < 4.78 is 12.9. The second kappa shape index (κ2) is 2.88. The second-order valence-corrected chi connectivity index (χ2v) is 5.45. The minimum atomic E-state index is -2.64. The lowest BCUT2D eigenvalue weighted by molar-refractivity contribution is 0.788. The van der Waals surface area contributed by atoms with Crippen LogP contribution in [0.15, 0.2) is 0 Å². The molecule has 0 heterocycles. The van der Waals surface area contributed by atoms with E-state index in [1.807, 2.05) is 13.8 Å². The average Bonchev–Trinajstić information content (AvgIpc) is 1.87. The van der Waals surface area contributed by atoms with E-state index in [2.05, 4.69) is 5.54 Å². The third kappa shape index (κ3) is 1.67. The van der Waals surface area contributed by atoms with Crippen LogP contribution >= 0.6 is 0 Å². The van der Waals surface area contributed by atoms with Gasteiger partial charge in [-0.05, 0) is 12.1 Å². The van der Waals surface area contributed by atoms with Crippen molar-refractivity contribution in [2.45, 2.75) is 25.9 Å². The van der Waals surface area contributed by atoms with Crippen LogP contribution in [0.1, 0.15) is 13.8 Å². The lowest BCUT2D eigenvalue weighted by Crippen LogP contribution is -2.23. The van der Waals surface area contributed by atoms with Gasteiger partial charge in [0, 0.05) is 0 Å². The van der Waals surface area contributed by atoms with Gasteiger partial charge in [0.2, 0.25) is 0 Å². The van der Waals surface area contributed by atoms with E-state index < -0.39 is 8.41 Å². The summed E-state index contributed by atoms with van der Waals surface area (Å²) in [6.45, 7) is 3.63. The summed E-state index contributed by atoms with van der Waals surface area (Å²) in [5.74, 6) is 0. The predicted octanol–water partition coefficient (Wildman–Crippen LogP) is 2.11. The molecule has 8 heavy (non-hydrogen) atoms. The van der Waals surface area contributed by atoms with E-state index in [-0.39, 0.29) is 0 Å². The lowest BCUT2D eigenvalue weighted by atomic mass is 10.9. The van der Waals surface area contributed by atoms with Gasteiger partial charge in [-0.15, -0.1) is 6.42 Å². The summed E-state index contributed by atoms with van der Waals surface area (Å²) in [4.78, 5) is 0. The highest BCUT2D eigenvalue weighted by Crippen LogP contribution is 2.13. The average molecular weight is 130 g/mol. The largest absolute Gasteiger partial charge is 0.321 e. The molecule has 0 atom stereocenters. The SMILES string of the molecule is C#C[Si](F)(CC)CC. The summed E-state index contributed by atoms with van der Waals surface area (Å²) in [5, 5.41) is 0. The Kier molecular flexibility index (Phi) is 2.78. The normalized spacial score (nSPS) is 10.8. The van der Waals surface area contributed by atoms with E-state index in [1.165, 1.54) is 0 Å². The highest BCUT2D eigenvalue weighted by Gasteiger charge is 2.26. The fourth-order valence-electron chi connectivity index (χ4n) is 0.454. The Morgan fingerprint density at radius 3 is 1.88 bits per heavy atom. The summed E-state index contributed by atoms with van der Waals surface area (Å²) >= 11 is 0. The predicted molar refractivity (Wildman–Crippen MR) is 36.7 cm³/mol. The summed E-state index contributed by atoms with van der Waals surface area (Å²) in [6, 6.07) is 1.11. The molecule has 2 heteroatoms. The van der Waals surface area contributed by atoms with Gasteiger partial charge in [0.25, 0.3) is 0 Å². The molecule has 0 aliphatic heterocycles. The minimum absolute atomic E-state index is 0.556. The van der Waals surface area contributed by atoms with Gasteiger partial charge in [-0.1, -0.05) is 19.4 Å². The molecular formula is C6H11FSi. The molecular weight excluding hydrogens is 119 g/mol. The van der Waals surface area contributed by atoms with Crippen LogP contribution in [-0.2, 0) is 0 Å². The Labute approximate surface area is 51.3 Å². The fraction of sp³-hybridized carbons (Fsp3) is 0.667. The van der Waals surface area contributed by atoms with Gasteiger partial charge in [-0.2, -0.15) is 0 Å². The Morgan fingerprint density at radius 2 is 1.88 bits per heavy atom. The Balaban J connectivity index is 3.83. The van der Waals surface area contributed by atoms with Crippen molar-refractivity contribution in [3.63, 3.8) is 0 Å². The Hall–Kier alpha value is -0.293. The van der Waals surface area contributed by atoms with E-state index in [0.29, 0.717) is 12.1 Å². The topological polar surface area (TPSA) is 0 Å². The van der Waals surface area contributed by atoms with Crippen LogP contribution in [0.5, 0.6) is 0 Å². The van der Waals surface area contributed by atoms with Crippen LogP contribution < -0.4 is 0 Å². The third-order valence-electron chi connectivity index (χ3n) is 1.38. The highest BCUT2D eigenvalue weighted by molar-refractivity contribution is 6.80. The molecule has 0 unspecified atom stereocenters. The molecule has 0 fully saturated rings. The lowest BCUT2D eigenvalue weighted by Gasteiger charge is -2.08. The zero-order valence-corrected chi connectivity index (χ0v) is 6.37. The summed E-state index contributed by atoms with van der Waals surface area (Å²) in [6.07, 6.45) is 4.96. The molecule has 46 valence electrons. The molecule has 0 saturated heterocycles. The van der Waals surface area contributed by atoms with Crippen molar-refractivity contribution in [3.05, 3.63) is 0 Å². The first-order valence-corrected chi connectivity index (χ1v) is 5.14. The second-order valence-electron chi connectivity index (χ2n) is 1.82. The Bertz CT molecular complexity index is 99.6. The van der Waals surface area contributed by atoms with Crippen LogP contribution in [-0.4, -0.2) is 8.41 Å². The maximum atomic E-state index is 12.9. The number of rotatable bonds is 2. The van der Waals surface area contributed by atoms with E-state index in [0.717, 1.165) is 0 Å². The van der Waals surface area contributed by atoms with Crippen molar-refractivity contribution in [2.24, 2.45) is 0 Å². The van der Waals surface area contributed by atoms with E-state index in [9.17, 15) is 4.11 Å². The van der Waals surface area contributed by atoms with Gasteiger partial charge in [-0.3, -0.25) is 4.11 Å². The van der Waals surface area contributed by atoms with Crippen LogP contribution in [0.2, 0.25) is 12.1 Å². The fourth-order valence-corrected chi connectivity index (χ4v) is 1.36. The molecule has 0 nitrogen and oxygen atoms in total. The molecule has 0 aromatic carbocycles. The molecule has 0 bridgehead atoms. The standard InChI is InChI=1S/C6H11FSi/c1-4-8(7,5-2)6-3/h1H,5-6H2,2-3H3. The van der Waals surface area contributed by atoms with Crippen LogP contribution in [0.3, 0.4) is 0 Å². The van der Waals surface area contributed by atoms with Gasteiger partial charge in [0.05, 0.1) is 0 Å². The van der Waals surface area contributed by atoms with Crippen molar-refractivity contribution < 1.29 is 4.11 Å². The maximum absolute atomic E-state index is 12.9. The smallest absolute Gasteiger partial charge is 0.297 e. The number of hydrogen-bond acceptors (Lipinski definition) is 0. The zero-order valence-electron chi connectivity index (χ0n) is 5.37. The molecule has 0 aromatic rings. The quantitative estimate of drug-likeness (QED) is 0.305. The third-order valence-corrected chi connectivity index (χ3v) is 4.14. The molecule has 0 spiro atoms. The van der Waals surface area contributed by atoms with E-state index >= 15 is 0 Å². The molecule has 0 aliphatic rings. The van der Waals surface area contributed by atoms with E-state index in [4.69, 9.17) is 6.42 Å². The van der Waals surface area contributed by atoms with Crippen molar-refractivity contribution in [1.82, 2.24) is 0 Å². The van der Waals surface area contributed by atoms with Gasteiger partial charge in [0.1, 0.15) is 0 Å². The van der Waals surface area contributed by atoms with Crippen LogP contribution in [0.25, 0.3) is 0 Å².